The number of nitrogens with one attached hydrogen (secondary N) is 1. The van der Waals surface area contributed by atoms with E-state index in [-0.39, 0.29) is 17.9 Å². The van der Waals surface area contributed by atoms with Gasteiger partial charge < -0.3 is 9.72 Å². The molecule has 0 unspecified atom stereocenters. The minimum Gasteiger partial charge on any atom is -0.490 e. The van der Waals surface area contributed by atoms with Crippen LogP contribution >= 0.6 is 0 Å². The molecule has 124 valence electrons. The minimum absolute atomic E-state index is 0.00457. The molecule has 2 rings (SSSR count). The number of alkyl halides is 6. The van der Waals surface area contributed by atoms with Crippen molar-refractivity contribution in [2.75, 3.05) is 6.61 Å². The number of aromatic amines is 1. The molecule has 23 heavy (non-hydrogen) atoms. The summed E-state index contributed by atoms with van der Waals surface area (Å²) in [5, 5.41) is -0.513. The Labute approximate surface area is 125 Å². The average molecular weight is 337 g/mol. The number of carbonyl (C=O) groups excluding carboxylic acids is 1. The van der Waals surface area contributed by atoms with E-state index < -0.39 is 34.8 Å². The third-order valence-corrected chi connectivity index (χ3v) is 2.91. The van der Waals surface area contributed by atoms with Crippen LogP contribution in [0.5, 0.6) is 5.75 Å². The molecule has 1 aromatic carbocycles. The fraction of sp³-hybridized carbons (Fsp3) is 0.214. The number of H-pyrrole nitrogens is 1. The maximum Gasteiger partial charge on any atom is 0.454 e. The lowest BCUT2D eigenvalue weighted by atomic mass is 10.1. The van der Waals surface area contributed by atoms with Gasteiger partial charge in [0.15, 0.2) is 0 Å². The van der Waals surface area contributed by atoms with Crippen LogP contribution in [0.25, 0.3) is 10.9 Å². The van der Waals surface area contributed by atoms with Crippen LogP contribution in [0, 0.1) is 0 Å². The van der Waals surface area contributed by atoms with E-state index in [1.54, 1.807) is 0 Å². The topological polar surface area (TPSA) is 42.1 Å². The second kappa shape index (κ2) is 5.64. The highest BCUT2D eigenvalue weighted by Crippen LogP contribution is 2.39. The summed E-state index contributed by atoms with van der Waals surface area (Å²) in [4.78, 5) is 13.3. The summed E-state index contributed by atoms with van der Waals surface area (Å²) in [6.45, 7) is 3.37. The van der Waals surface area contributed by atoms with Crippen LogP contribution in [-0.4, -0.2) is 23.6 Å². The molecule has 0 spiro atoms. The van der Waals surface area contributed by atoms with Gasteiger partial charge in [-0.2, -0.15) is 26.3 Å². The van der Waals surface area contributed by atoms with E-state index in [1.165, 1.54) is 12.1 Å². The molecule has 0 saturated heterocycles. The highest BCUT2D eigenvalue weighted by Gasteiger charge is 2.47. The van der Waals surface area contributed by atoms with E-state index >= 15 is 0 Å². The first kappa shape index (κ1) is 16.9. The Kier molecular flexibility index (Phi) is 4.14. The molecule has 0 aliphatic heterocycles. The first-order valence-corrected chi connectivity index (χ1v) is 6.14. The Bertz CT molecular complexity index is 757. The van der Waals surface area contributed by atoms with Crippen molar-refractivity contribution in [3.8, 4) is 5.75 Å². The van der Waals surface area contributed by atoms with E-state index in [0.29, 0.717) is 0 Å². The van der Waals surface area contributed by atoms with Crippen LogP contribution in [0.15, 0.2) is 30.9 Å². The van der Waals surface area contributed by atoms with Crippen LogP contribution in [0.2, 0.25) is 0 Å². The maximum atomic E-state index is 12.9. The molecule has 9 heteroatoms. The lowest BCUT2D eigenvalue weighted by molar-refractivity contribution is -0.141. The molecule has 1 N–H and O–H groups in total. The van der Waals surface area contributed by atoms with Gasteiger partial charge in [0.25, 0.3) is 5.78 Å². The molecule has 0 amide bonds. The number of aromatic nitrogens is 1. The molecule has 1 heterocycles. The summed E-state index contributed by atoms with van der Waals surface area (Å²) >= 11 is 0. The molecule has 0 saturated carbocycles. The number of carbonyl (C=O) groups is 1. The molecule has 0 radical (unpaired) electrons. The van der Waals surface area contributed by atoms with Crippen molar-refractivity contribution < 1.29 is 35.9 Å². The molecule has 0 atom stereocenters. The van der Waals surface area contributed by atoms with Gasteiger partial charge >= 0.3 is 12.4 Å². The Morgan fingerprint density at radius 3 is 2.39 bits per heavy atom. The van der Waals surface area contributed by atoms with Gasteiger partial charge in [0.2, 0.25) is 0 Å². The second-order valence-corrected chi connectivity index (χ2v) is 4.51. The largest absolute Gasteiger partial charge is 0.490 e. The molecule has 0 aliphatic rings. The molecule has 0 bridgehead atoms. The van der Waals surface area contributed by atoms with E-state index in [0.717, 1.165) is 12.1 Å². The average Bonchev–Trinajstić information content (AvgIpc) is 2.81. The number of ether oxygens (including phenoxy) is 1. The monoisotopic (exact) mass is 337 g/mol. The molecular weight excluding hydrogens is 328 g/mol. The zero-order chi connectivity index (χ0) is 17.4. The Hall–Kier alpha value is -2.45. The third kappa shape index (κ3) is 3.33. The number of rotatable bonds is 4. The van der Waals surface area contributed by atoms with Gasteiger partial charge in [-0.1, -0.05) is 12.7 Å². The standard InChI is InChI=1S/C14H9F6NO2/c1-2-5-23-7-3-4-9-8(6-7)10(12(22)14(18,19)20)11(21-9)13(15,16)17/h2-4,6,21H,1,5H2. The third-order valence-electron chi connectivity index (χ3n) is 2.91. The highest BCUT2D eigenvalue weighted by molar-refractivity contribution is 6.12. The summed E-state index contributed by atoms with van der Waals surface area (Å²) in [5.41, 5.74) is -3.46. The Morgan fingerprint density at radius 2 is 1.87 bits per heavy atom. The smallest absolute Gasteiger partial charge is 0.454 e. The van der Waals surface area contributed by atoms with Crippen LogP contribution in [-0.2, 0) is 6.18 Å². The summed E-state index contributed by atoms with van der Waals surface area (Å²) in [5.74, 6) is -2.56. The first-order valence-electron chi connectivity index (χ1n) is 6.14. The van der Waals surface area contributed by atoms with Crippen LogP contribution in [0.4, 0.5) is 26.3 Å². The summed E-state index contributed by atoms with van der Waals surface area (Å²) in [6, 6.07) is 3.32. The van der Waals surface area contributed by atoms with E-state index in [4.69, 9.17) is 4.74 Å². The number of Topliss-reactive ketones (excluding diaryl/α,β-unsaturated/α-hetero) is 1. The van der Waals surface area contributed by atoms with Crippen LogP contribution in [0.3, 0.4) is 0 Å². The number of benzene rings is 1. The first-order chi connectivity index (χ1) is 10.6. The van der Waals surface area contributed by atoms with Gasteiger partial charge in [-0.05, 0) is 18.2 Å². The lowest BCUT2D eigenvalue weighted by Crippen LogP contribution is -2.25. The van der Waals surface area contributed by atoms with Gasteiger partial charge in [0.05, 0.1) is 5.56 Å². The van der Waals surface area contributed by atoms with Gasteiger partial charge in [-0.15, -0.1) is 0 Å². The van der Waals surface area contributed by atoms with Crippen LogP contribution in [0.1, 0.15) is 16.1 Å². The van der Waals surface area contributed by atoms with Crippen molar-refractivity contribution >= 4 is 16.7 Å². The number of halogens is 6. The molecule has 0 fully saturated rings. The molecule has 3 nitrogen and oxygen atoms in total. The van der Waals surface area contributed by atoms with E-state index in [2.05, 4.69) is 6.58 Å². The predicted molar refractivity (Wildman–Crippen MR) is 69.4 cm³/mol. The maximum absolute atomic E-state index is 12.9. The van der Waals surface area contributed by atoms with Crippen molar-refractivity contribution in [2.24, 2.45) is 0 Å². The fourth-order valence-electron chi connectivity index (χ4n) is 2.01. The zero-order valence-corrected chi connectivity index (χ0v) is 11.3. The number of hydrogen-bond acceptors (Lipinski definition) is 2. The lowest BCUT2D eigenvalue weighted by Gasteiger charge is -2.09. The van der Waals surface area contributed by atoms with Gasteiger partial charge in [0, 0.05) is 10.9 Å². The van der Waals surface area contributed by atoms with Crippen molar-refractivity contribution in [3.63, 3.8) is 0 Å². The SMILES string of the molecule is C=CCOc1ccc2[nH]c(C(F)(F)F)c(C(=O)C(F)(F)F)c2c1. The van der Waals surface area contributed by atoms with E-state index in [9.17, 15) is 31.1 Å². The zero-order valence-electron chi connectivity index (χ0n) is 11.3. The number of hydrogen-bond donors (Lipinski definition) is 1. The normalized spacial score (nSPS) is 12.4. The summed E-state index contributed by atoms with van der Waals surface area (Å²) in [6.07, 6.45) is -9.23. The number of ketones is 1. The molecule has 1 aromatic heterocycles. The van der Waals surface area contributed by atoms with Crippen molar-refractivity contribution in [1.29, 1.82) is 0 Å². The molecular formula is C14H9F6NO2. The van der Waals surface area contributed by atoms with Gasteiger partial charge in [-0.25, -0.2) is 0 Å². The van der Waals surface area contributed by atoms with Crippen LogP contribution < -0.4 is 4.74 Å². The minimum atomic E-state index is -5.44. The second-order valence-electron chi connectivity index (χ2n) is 4.51. The van der Waals surface area contributed by atoms with Crippen molar-refractivity contribution in [3.05, 3.63) is 42.1 Å². The molecule has 2 aromatic rings. The summed E-state index contributed by atoms with van der Waals surface area (Å²) in [7, 11) is 0. The van der Waals surface area contributed by atoms with Gasteiger partial charge in [0.1, 0.15) is 18.1 Å². The Balaban J connectivity index is 2.71. The van der Waals surface area contributed by atoms with E-state index in [1.807, 2.05) is 4.98 Å². The van der Waals surface area contributed by atoms with Crippen molar-refractivity contribution in [2.45, 2.75) is 12.4 Å². The fourth-order valence-corrected chi connectivity index (χ4v) is 2.01. The van der Waals surface area contributed by atoms with Gasteiger partial charge in [-0.3, -0.25) is 4.79 Å². The predicted octanol–water partition coefficient (Wildman–Crippen LogP) is 4.50. The quantitative estimate of drug-likeness (QED) is 0.507. The Morgan fingerprint density at radius 1 is 1.22 bits per heavy atom. The number of fused-ring (bicyclic) bond motifs is 1. The molecule has 0 aliphatic carbocycles. The summed E-state index contributed by atoms with van der Waals surface area (Å²) < 4.78 is 81.8. The highest BCUT2D eigenvalue weighted by atomic mass is 19.4. The van der Waals surface area contributed by atoms with Crippen molar-refractivity contribution in [1.82, 2.24) is 4.98 Å².